The van der Waals surface area contributed by atoms with Crippen molar-refractivity contribution in [2.24, 2.45) is 7.05 Å². The van der Waals surface area contributed by atoms with E-state index in [1.54, 1.807) is 0 Å². The van der Waals surface area contributed by atoms with Gasteiger partial charge in [0.1, 0.15) is 0 Å². The molecule has 2 aromatic rings. The number of hydrogen-bond acceptors (Lipinski definition) is 2. The van der Waals surface area contributed by atoms with E-state index in [0.717, 1.165) is 27.2 Å². The number of aryl methyl sites for hydroxylation is 2. The van der Waals surface area contributed by atoms with Gasteiger partial charge in [0.25, 0.3) is 0 Å². The third kappa shape index (κ3) is 3.38. The van der Waals surface area contributed by atoms with Crippen LogP contribution in [-0.4, -0.2) is 16.8 Å². The lowest BCUT2D eigenvalue weighted by Crippen LogP contribution is -2.19. The first-order valence-electron chi connectivity index (χ1n) is 6.12. The molecule has 5 heteroatoms. The molecule has 0 spiro atoms. The average molecular weight is 343 g/mol. The second-order valence-electron chi connectivity index (χ2n) is 4.62. The van der Waals surface area contributed by atoms with Crippen molar-refractivity contribution in [3.05, 3.63) is 50.7 Å². The molecule has 1 atom stereocenters. The van der Waals surface area contributed by atoms with Gasteiger partial charge >= 0.3 is 0 Å². The van der Waals surface area contributed by atoms with Crippen LogP contribution in [0.1, 0.15) is 22.9 Å². The van der Waals surface area contributed by atoms with Crippen LogP contribution in [0.15, 0.2) is 28.9 Å². The molecule has 1 N–H and O–H groups in total. The minimum atomic E-state index is 0.215. The van der Waals surface area contributed by atoms with E-state index in [1.165, 1.54) is 5.56 Å². The highest BCUT2D eigenvalue weighted by Crippen LogP contribution is 2.27. The molecule has 19 heavy (non-hydrogen) atoms. The number of hydrogen-bond donors (Lipinski definition) is 1. The average Bonchev–Trinajstić information content (AvgIpc) is 2.68. The fourth-order valence-electron chi connectivity index (χ4n) is 2.23. The highest BCUT2D eigenvalue weighted by molar-refractivity contribution is 9.10. The van der Waals surface area contributed by atoms with Crippen LogP contribution in [0, 0.1) is 6.92 Å². The van der Waals surface area contributed by atoms with E-state index in [2.05, 4.69) is 38.6 Å². The normalized spacial score (nSPS) is 12.7. The van der Waals surface area contributed by atoms with Crippen molar-refractivity contribution >= 4 is 27.5 Å². The Morgan fingerprint density at radius 1 is 1.47 bits per heavy atom. The summed E-state index contributed by atoms with van der Waals surface area (Å²) < 4.78 is 2.85. The van der Waals surface area contributed by atoms with Crippen molar-refractivity contribution in [3.8, 4) is 0 Å². The van der Waals surface area contributed by atoms with Gasteiger partial charge in [-0.15, -0.1) is 0 Å². The Hall–Kier alpha value is -0.840. The summed E-state index contributed by atoms with van der Waals surface area (Å²) in [5.41, 5.74) is 3.39. The quantitative estimate of drug-likeness (QED) is 0.919. The number of aromatic nitrogens is 2. The third-order valence-electron chi connectivity index (χ3n) is 3.21. The predicted octanol–water partition coefficient (Wildman–Crippen LogP) is 3.65. The molecule has 1 aromatic carbocycles. The molecule has 0 aliphatic carbocycles. The summed E-state index contributed by atoms with van der Waals surface area (Å²) in [5, 5.41) is 8.52. The summed E-state index contributed by atoms with van der Waals surface area (Å²) in [6.45, 7) is 2.03. The molecule has 1 unspecified atom stereocenters. The Labute approximate surface area is 127 Å². The van der Waals surface area contributed by atoms with Gasteiger partial charge in [0.2, 0.25) is 0 Å². The van der Waals surface area contributed by atoms with Crippen LogP contribution >= 0.6 is 27.5 Å². The summed E-state index contributed by atoms with van der Waals surface area (Å²) in [4.78, 5) is 0. The summed E-state index contributed by atoms with van der Waals surface area (Å²) >= 11 is 9.71. The van der Waals surface area contributed by atoms with Crippen molar-refractivity contribution in [2.75, 3.05) is 7.05 Å². The zero-order valence-corrected chi connectivity index (χ0v) is 13.6. The maximum absolute atomic E-state index is 6.28. The van der Waals surface area contributed by atoms with E-state index in [9.17, 15) is 0 Å². The molecule has 2 rings (SSSR count). The lowest BCUT2D eigenvalue weighted by Gasteiger charge is -2.16. The molecule has 0 saturated heterocycles. The Morgan fingerprint density at radius 3 is 2.74 bits per heavy atom. The second kappa shape index (κ2) is 6.07. The topological polar surface area (TPSA) is 29.9 Å². The van der Waals surface area contributed by atoms with Crippen LogP contribution in [0.3, 0.4) is 0 Å². The first kappa shape index (κ1) is 14.6. The summed E-state index contributed by atoms with van der Waals surface area (Å²) in [6.07, 6.45) is 2.90. The van der Waals surface area contributed by atoms with Gasteiger partial charge in [-0.2, -0.15) is 5.10 Å². The second-order valence-corrected chi connectivity index (χ2v) is 5.95. The first-order valence-corrected chi connectivity index (χ1v) is 7.29. The highest BCUT2D eigenvalue weighted by atomic mass is 79.9. The molecule has 102 valence electrons. The smallest absolute Gasteiger partial charge is 0.0641 e. The standard InChI is InChI=1S/C14H17BrClN3/c1-9-12(8-19(3)18-9)14(17-2)6-10-4-5-11(15)7-13(10)16/h4-5,7-8,14,17H,6H2,1-3H3. The van der Waals surface area contributed by atoms with E-state index in [-0.39, 0.29) is 6.04 Å². The Kier molecular flexibility index (Phi) is 4.66. The zero-order chi connectivity index (χ0) is 14.0. The van der Waals surface area contributed by atoms with E-state index in [1.807, 2.05) is 37.8 Å². The predicted molar refractivity (Wildman–Crippen MR) is 82.6 cm³/mol. The molecule has 1 aromatic heterocycles. The summed E-state index contributed by atoms with van der Waals surface area (Å²) in [5.74, 6) is 0. The van der Waals surface area contributed by atoms with Crippen molar-refractivity contribution in [3.63, 3.8) is 0 Å². The molecule has 0 aliphatic heterocycles. The van der Waals surface area contributed by atoms with Crippen LogP contribution in [0.25, 0.3) is 0 Å². The van der Waals surface area contributed by atoms with Crippen molar-refractivity contribution < 1.29 is 0 Å². The zero-order valence-electron chi connectivity index (χ0n) is 11.2. The molecule has 0 bridgehead atoms. The van der Waals surface area contributed by atoms with Gasteiger partial charge in [0, 0.05) is 34.3 Å². The number of benzene rings is 1. The lowest BCUT2D eigenvalue weighted by atomic mass is 10.00. The molecule has 0 amide bonds. The third-order valence-corrected chi connectivity index (χ3v) is 4.06. The number of nitrogens with zero attached hydrogens (tertiary/aromatic N) is 2. The molecule has 0 radical (unpaired) electrons. The summed E-state index contributed by atoms with van der Waals surface area (Å²) in [7, 11) is 3.90. The molecule has 1 heterocycles. The van der Waals surface area contributed by atoms with Crippen LogP contribution in [0.2, 0.25) is 5.02 Å². The van der Waals surface area contributed by atoms with Crippen LogP contribution in [-0.2, 0) is 13.5 Å². The van der Waals surface area contributed by atoms with Gasteiger partial charge < -0.3 is 5.32 Å². The number of nitrogens with one attached hydrogen (secondary N) is 1. The molecule has 0 fully saturated rings. The SMILES string of the molecule is CNC(Cc1ccc(Br)cc1Cl)c1cn(C)nc1C. The largest absolute Gasteiger partial charge is 0.313 e. The minimum absolute atomic E-state index is 0.215. The molecule has 0 saturated carbocycles. The van der Waals surface area contributed by atoms with Gasteiger partial charge in [-0.25, -0.2) is 0 Å². The Morgan fingerprint density at radius 2 is 2.21 bits per heavy atom. The van der Waals surface area contributed by atoms with Gasteiger partial charge in [0.15, 0.2) is 0 Å². The van der Waals surface area contributed by atoms with Gasteiger partial charge in [-0.1, -0.05) is 33.6 Å². The fourth-order valence-corrected chi connectivity index (χ4v) is 2.99. The van der Waals surface area contributed by atoms with E-state index in [4.69, 9.17) is 11.6 Å². The number of halogens is 2. The van der Waals surface area contributed by atoms with E-state index in [0.29, 0.717) is 0 Å². The van der Waals surface area contributed by atoms with Gasteiger partial charge in [-0.3, -0.25) is 4.68 Å². The molecular weight excluding hydrogens is 326 g/mol. The van der Waals surface area contributed by atoms with Crippen molar-refractivity contribution in [1.82, 2.24) is 15.1 Å². The molecule has 0 aliphatic rings. The first-order chi connectivity index (χ1) is 9.01. The molecule has 3 nitrogen and oxygen atoms in total. The van der Waals surface area contributed by atoms with E-state index < -0.39 is 0 Å². The number of rotatable bonds is 4. The van der Waals surface area contributed by atoms with Crippen LogP contribution in [0.5, 0.6) is 0 Å². The van der Waals surface area contributed by atoms with E-state index >= 15 is 0 Å². The van der Waals surface area contributed by atoms with Gasteiger partial charge in [-0.05, 0) is 38.1 Å². The lowest BCUT2D eigenvalue weighted by molar-refractivity contribution is 0.588. The van der Waals surface area contributed by atoms with Crippen LogP contribution in [0.4, 0.5) is 0 Å². The van der Waals surface area contributed by atoms with Gasteiger partial charge in [0.05, 0.1) is 5.69 Å². The maximum atomic E-state index is 6.28. The van der Waals surface area contributed by atoms with Crippen molar-refractivity contribution in [1.29, 1.82) is 0 Å². The highest BCUT2D eigenvalue weighted by Gasteiger charge is 2.16. The monoisotopic (exact) mass is 341 g/mol. The van der Waals surface area contributed by atoms with Crippen LogP contribution < -0.4 is 5.32 Å². The minimum Gasteiger partial charge on any atom is -0.313 e. The fraction of sp³-hybridized carbons (Fsp3) is 0.357. The maximum Gasteiger partial charge on any atom is 0.0641 e. The summed E-state index contributed by atoms with van der Waals surface area (Å²) in [6, 6.07) is 6.22. The molecular formula is C14H17BrClN3. The number of likely N-dealkylation sites (N-methyl/N-ethyl adjacent to an activating group) is 1. The van der Waals surface area contributed by atoms with Crippen molar-refractivity contribution in [2.45, 2.75) is 19.4 Å². The Bertz CT molecular complexity index is 580. The Balaban J connectivity index is 2.26.